The molecule has 0 saturated carbocycles. The molecule has 6 nitrogen and oxygen atoms in total. The van der Waals surface area contributed by atoms with E-state index < -0.39 is 6.10 Å². The zero-order valence-electron chi connectivity index (χ0n) is 19.5. The second kappa shape index (κ2) is 12.0. The Morgan fingerprint density at radius 2 is 1.76 bits per heavy atom. The van der Waals surface area contributed by atoms with E-state index in [0.29, 0.717) is 26.1 Å². The molecular formula is C27H35N3O3. The minimum Gasteiger partial charge on any atom is -0.391 e. The van der Waals surface area contributed by atoms with Crippen LogP contribution in [0.2, 0.25) is 0 Å². The number of aliphatic hydroxyl groups excluding tert-OH is 1. The Morgan fingerprint density at radius 1 is 1.06 bits per heavy atom. The molecule has 0 unspecified atom stereocenters. The SMILES string of the molecule is COCCCN(Cc1c(-c2ccccc2)noc1N1CCCC1)C[C@H](O)Cc1ccccc1. The summed E-state index contributed by atoms with van der Waals surface area (Å²) in [6.45, 7) is 4.78. The molecule has 1 aliphatic heterocycles. The van der Waals surface area contributed by atoms with Gasteiger partial charge in [-0.25, -0.2) is 0 Å². The Bertz CT molecular complexity index is 955. The molecule has 33 heavy (non-hydrogen) atoms. The Morgan fingerprint density at radius 3 is 2.45 bits per heavy atom. The van der Waals surface area contributed by atoms with Gasteiger partial charge < -0.3 is 19.3 Å². The highest BCUT2D eigenvalue weighted by Gasteiger charge is 2.26. The van der Waals surface area contributed by atoms with Crippen LogP contribution in [0, 0.1) is 0 Å². The van der Waals surface area contributed by atoms with E-state index in [2.05, 4.69) is 39.2 Å². The molecule has 1 fully saturated rings. The highest BCUT2D eigenvalue weighted by molar-refractivity contribution is 5.68. The molecule has 1 saturated heterocycles. The number of methoxy groups -OCH3 is 1. The van der Waals surface area contributed by atoms with E-state index in [0.717, 1.165) is 54.3 Å². The van der Waals surface area contributed by atoms with Gasteiger partial charge in [0.2, 0.25) is 5.88 Å². The predicted octanol–water partition coefficient (Wildman–Crippen LogP) is 4.38. The van der Waals surface area contributed by atoms with Crippen LogP contribution >= 0.6 is 0 Å². The third-order valence-corrected chi connectivity index (χ3v) is 6.20. The Labute approximate surface area is 196 Å². The molecule has 176 valence electrons. The van der Waals surface area contributed by atoms with E-state index >= 15 is 0 Å². The largest absolute Gasteiger partial charge is 0.391 e. The van der Waals surface area contributed by atoms with Crippen LogP contribution in [-0.4, -0.2) is 61.2 Å². The van der Waals surface area contributed by atoms with Gasteiger partial charge in [0, 0.05) is 52.0 Å². The molecule has 4 rings (SSSR count). The Balaban J connectivity index is 1.56. The first-order valence-electron chi connectivity index (χ1n) is 12.0. The second-order valence-electron chi connectivity index (χ2n) is 8.80. The van der Waals surface area contributed by atoms with E-state index in [1.165, 1.54) is 12.8 Å². The lowest BCUT2D eigenvalue weighted by atomic mass is 10.1. The van der Waals surface area contributed by atoms with Crippen LogP contribution in [0.3, 0.4) is 0 Å². The lowest BCUT2D eigenvalue weighted by Crippen LogP contribution is -2.35. The van der Waals surface area contributed by atoms with Crippen LogP contribution in [-0.2, 0) is 17.7 Å². The lowest BCUT2D eigenvalue weighted by Gasteiger charge is -2.26. The predicted molar refractivity (Wildman–Crippen MR) is 131 cm³/mol. The van der Waals surface area contributed by atoms with Crippen molar-refractivity contribution in [1.29, 1.82) is 0 Å². The van der Waals surface area contributed by atoms with Gasteiger partial charge in [-0.1, -0.05) is 65.8 Å². The van der Waals surface area contributed by atoms with Crippen molar-refractivity contribution in [1.82, 2.24) is 10.1 Å². The van der Waals surface area contributed by atoms with Crippen molar-refractivity contribution in [2.24, 2.45) is 0 Å². The van der Waals surface area contributed by atoms with Gasteiger partial charge in [0.25, 0.3) is 0 Å². The molecule has 2 aromatic carbocycles. The zero-order chi connectivity index (χ0) is 22.9. The average molecular weight is 450 g/mol. The molecular weight excluding hydrogens is 414 g/mol. The van der Waals surface area contributed by atoms with Crippen LogP contribution in [0.25, 0.3) is 11.3 Å². The van der Waals surface area contributed by atoms with E-state index in [1.807, 2.05) is 36.4 Å². The van der Waals surface area contributed by atoms with Crippen LogP contribution in [0.15, 0.2) is 65.2 Å². The van der Waals surface area contributed by atoms with Crippen molar-refractivity contribution in [3.05, 3.63) is 71.8 Å². The van der Waals surface area contributed by atoms with Crippen molar-refractivity contribution in [2.75, 3.05) is 44.8 Å². The topological polar surface area (TPSA) is 62.0 Å². The standard InChI is InChI=1S/C27H35N3O3/c1-32-18-10-15-29(20-24(31)19-22-11-4-2-5-12-22)21-25-26(23-13-6-3-7-14-23)28-33-27(25)30-16-8-9-17-30/h2-7,11-14,24,31H,8-10,15-21H2,1H3/t24-/m1/s1. The first-order chi connectivity index (χ1) is 16.2. The summed E-state index contributed by atoms with van der Waals surface area (Å²) in [6, 6.07) is 20.4. The molecule has 3 aromatic rings. The summed E-state index contributed by atoms with van der Waals surface area (Å²) in [7, 11) is 1.73. The van der Waals surface area contributed by atoms with Gasteiger partial charge in [-0.2, -0.15) is 0 Å². The third kappa shape index (κ3) is 6.44. The average Bonchev–Trinajstić information content (AvgIpc) is 3.50. The fourth-order valence-electron chi connectivity index (χ4n) is 4.57. The van der Waals surface area contributed by atoms with Crippen molar-refractivity contribution in [3.8, 4) is 11.3 Å². The molecule has 2 heterocycles. The van der Waals surface area contributed by atoms with Crippen LogP contribution in [0.4, 0.5) is 5.88 Å². The highest BCUT2D eigenvalue weighted by atomic mass is 16.5. The third-order valence-electron chi connectivity index (χ3n) is 6.20. The Kier molecular flexibility index (Phi) is 8.53. The fraction of sp³-hybridized carbons (Fsp3) is 0.444. The van der Waals surface area contributed by atoms with Gasteiger partial charge in [-0.05, 0) is 31.2 Å². The number of benzene rings is 2. The maximum atomic E-state index is 10.9. The first kappa shape index (κ1) is 23.5. The summed E-state index contributed by atoms with van der Waals surface area (Å²) in [6.07, 6.45) is 3.43. The van der Waals surface area contributed by atoms with Gasteiger partial charge in [-0.15, -0.1) is 0 Å². The molecule has 1 N–H and O–H groups in total. The number of aliphatic hydroxyl groups is 1. The highest BCUT2D eigenvalue weighted by Crippen LogP contribution is 2.34. The lowest BCUT2D eigenvalue weighted by molar-refractivity contribution is 0.0994. The van der Waals surface area contributed by atoms with Crippen LogP contribution < -0.4 is 4.90 Å². The van der Waals surface area contributed by atoms with Gasteiger partial charge in [-0.3, -0.25) is 4.90 Å². The first-order valence-corrected chi connectivity index (χ1v) is 12.0. The van der Waals surface area contributed by atoms with Crippen molar-refractivity contribution in [2.45, 2.75) is 38.3 Å². The fourth-order valence-corrected chi connectivity index (χ4v) is 4.57. The molecule has 1 atom stereocenters. The molecule has 1 aliphatic rings. The molecule has 0 aliphatic carbocycles. The van der Waals surface area contributed by atoms with E-state index in [9.17, 15) is 5.11 Å². The molecule has 0 bridgehead atoms. The second-order valence-corrected chi connectivity index (χ2v) is 8.80. The minimum atomic E-state index is -0.454. The summed E-state index contributed by atoms with van der Waals surface area (Å²) >= 11 is 0. The van der Waals surface area contributed by atoms with Crippen molar-refractivity contribution in [3.63, 3.8) is 0 Å². The number of hydrogen-bond donors (Lipinski definition) is 1. The number of hydrogen-bond acceptors (Lipinski definition) is 6. The number of nitrogens with zero attached hydrogens (tertiary/aromatic N) is 3. The van der Waals surface area contributed by atoms with Gasteiger partial charge in [0.15, 0.2) is 0 Å². The van der Waals surface area contributed by atoms with Gasteiger partial charge in [0.05, 0.1) is 11.7 Å². The Hall–Kier alpha value is -2.67. The van der Waals surface area contributed by atoms with E-state index in [1.54, 1.807) is 7.11 Å². The number of rotatable bonds is 12. The maximum Gasteiger partial charge on any atom is 0.232 e. The zero-order valence-corrected chi connectivity index (χ0v) is 19.5. The molecule has 1 aromatic heterocycles. The smallest absolute Gasteiger partial charge is 0.232 e. The molecule has 6 heteroatoms. The monoisotopic (exact) mass is 449 g/mol. The summed E-state index contributed by atoms with van der Waals surface area (Å²) in [5, 5.41) is 15.4. The maximum absolute atomic E-state index is 10.9. The van der Waals surface area contributed by atoms with Gasteiger partial charge >= 0.3 is 0 Å². The number of aromatic nitrogens is 1. The summed E-state index contributed by atoms with van der Waals surface area (Å²) in [5.74, 6) is 0.876. The van der Waals surface area contributed by atoms with E-state index in [-0.39, 0.29) is 0 Å². The summed E-state index contributed by atoms with van der Waals surface area (Å²) < 4.78 is 11.2. The summed E-state index contributed by atoms with van der Waals surface area (Å²) in [4.78, 5) is 4.62. The van der Waals surface area contributed by atoms with Gasteiger partial charge in [0.1, 0.15) is 5.69 Å². The van der Waals surface area contributed by atoms with Crippen LogP contribution in [0.1, 0.15) is 30.4 Å². The quantitative estimate of drug-likeness (QED) is 0.414. The number of ether oxygens (including phenoxy) is 1. The van der Waals surface area contributed by atoms with Crippen molar-refractivity contribution < 1.29 is 14.4 Å². The molecule has 0 spiro atoms. The normalized spacial score (nSPS) is 14.8. The summed E-state index contributed by atoms with van der Waals surface area (Å²) in [5.41, 5.74) is 4.21. The van der Waals surface area contributed by atoms with Crippen LogP contribution in [0.5, 0.6) is 0 Å². The number of anilines is 1. The minimum absolute atomic E-state index is 0.454. The molecule has 0 amide bonds. The van der Waals surface area contributed by atoms with E-state index in [4.69, 9.17) is 9.26 Å². The molecule has 0 radical (unpaired) electrons. The van der Waals surface area contributed by atoms with Crippen molar-refractivity contribution >= 4 is 5.88 Å².